The van der Waals surface area contributed by atoms with Crippen molar-refractivity contribution >= 4 is 22.6 Å². The van der Waals surface area contributed by atoms with Crippen molar-refractivity contribution < 1.29 is 4.74 Å². The number of methoxy groups -OCH3 is 1. The molecule has 0 aliphatic carbocycles. The molecule has 0 fully saturated rings. The lowest BCUT2D eigenvalue weighted by Gasteiger charge is -1.92. The van der Waals surface area contributed by atoms with Gasteiger partial charge in [-0.2, -0.15) is 0 Å². The Morgan fingerprint density at radius 1 is 1.42 bits per heavy atom. The molecule has 12 heavy (non-hydrogen) atoms. The lowest BCUT2D eigenvalue weighted by atomic mass is 10.2. The summed E-state index contributed by atoms with van der Waals surface area (Å²) in [5.41, 5.74) is 1.06. The van der Waals surface area contributed by atoms with Crippen LogP contribution in [0.15, 0.2) is 24.3 Å². The highest BCUT2D eigenvalue weighted by molar-refractivity contribution is 14.1. The molecule has 0 amide bonds. The summed E-state index contributed by atoms with van der Waals surface area (Å²) in [5, 5.41) is 0. The molecule has 0 aromatic heterocycles. The van der Waals surface area contributed by atoms with Crippen molar-refractivity contribution in [1.82, 2.24) is 0 Å². The SMILES string of the molecule is COCC#Cc1ccccc1I. The summed E-state index contributed by atoms with van der Waals surface area (Å²) in [6.45, 7) is 0.491. The first kappa shape index (κ1) is 9.56. The lowest BCUT2D eigenvalue weighted by molar-refractivity contribution is 0.240. The number of hydrogen-bond acceptors (Lipinski definition) is 1. The lowest BCUT2D eigenvalue weighted by Crippen LogP contribution is -1.83. The van der Waals surface area contributed by atoms with Gasteiger partial charge >= 0.3 is 0 Å². The number of ether oxygens (including phenoxy) is 1. The van der Waals surface area contributed by atoms with Gasteiger partial charge in [0.1, 0.15) is 6.61 Å². The van der Waals surface area contributed by atoms with E-state index in [9.17, 15) is 0 Å². The van der Waals surface area contributed by atoms with Crippen LogP contribution in [0.5, 0.6) is 0 Å². The molecule has 2 heteroatoms. The van der Waals surface area contributed by atoms with Crippen molar-refractivity contribution in [1.29, 1.82) is 0 Å². The number of hydrogen-bond donors (Lipinski definition) is 0. The summed E-state index contributed by atoms with van der Waals surface area (Å²) in [7, 11) is 1.64. The Bertz CT molecular complexity index is 309. The Labute approximate surface area is 86.3 Å². The Morgan fingerprint density at radius 2 is 2.17 bits per heavy atom. The molecule has 0 saturated carbocycles. The van der Waals surface area contributed by atoms with Crippen LogP contribution in [0.2, 0.25) is 0 Å². The predicted molar refractivity (Wildman–Crippen MR) is 57.9 cm³/mol. The first-order valence-electron chi connectivity index (χ1n) is 3.57. The minimum atomic E-state index is 0.491. The summed E-state index contributed by atoms with van der Waals surface area (Å²) in [4.78, 5) is 0. The highest BCUT2D eigenvalue weighted by Gasteiger charge is 1.90. The van der Waals surface area contributed by atoms with E-state index in [2.05, 4.69) is 34.4 Å². The molecule has 0 bridgehead atoms. The molecule has 0 aliphatic heterocycles. The van der Waals surface area contributed by atoms with Crippen LogP contribution in [0, 0.1) is 15.4 Å². The minimum Gasteiger partial charge on any atom is -0.372 e. The maximum Gasteiger partial charge on any atom is 0.107 e. The van der Waals surface area contributed by atoms with Gasteiger partial charge in [-0.05, 0) is 34.7 Å². The zero-order chi connectivity index (χ0) is 8.81. The average molecular weight is 272 g/mol. The molecule has 0 N–H and O–H groups in total. The molecule has 0 saturated heterocycles. The van der Waals surface area contributed by atoms with Crippen LogP contribution in [-0.4, -0.2) is 13.7 Å². The molecule has 0 unspecified atom stereocenters. The fourth-order valence-corrected chi connectivity index (χ4v) is 1.29. The standard InChI is InChI=1S/C10H9IO/c1-12-8-4-6-9-5-2-3-7-10(9)11/h2-3,5,7H,8H2,1H3. The van der Waals surface area contributed by atoms with E-state index >= 15 is 0 Å². The molecule has 1 rings (SSSR count). The van der Waals surface area contributed by atoms with Crippen molar-refractivity contribution in [3.63, 3.8) is 0 Å². The second-order valence-corrected chi connectivity index (χ2v) is 3.38. The first-order chi connectivity index (χ1) is 5.84. The topological polar surface area (TPSA) is 9.23 Å². The summed E-state index contributed by atoms with van der Waals surface area (Å²) < 4.78 is 6.01. The third-order valence-corrected chi connectivity index (χ3v) is 2.25. The van der Waals surface area contributed by atoms with Gasteiger partial charge in [0.15, 0.2) is 0 Å². The minimum absolute atomic E-state index is 0.491. The van der Waals surface area contributed by atoms with Crippen LogP contribution >= 0.6 is 22.6 Å². The molecule has 0 spiro atoms. The van der Waals surface area contributed by atoms with E-state index < -0.39 is 0 Å². The van der Waals surface area contributed by atoms with E-state index in [0.29, 0.717) is 6.61 Å². The molecule has 0 radical (unpaired) electrons. The zero-order valence-electron chi connectivity index (χ0n) is 6.80. The highest BCUT2D eigenvalue weighted by Crippen LogP contribution is 2.09. The van der Waals surface area contributed by atoms with Crippen LogP contribution in [-0.2, 0) is 4.74 Å². The maximum atomic E-state index is 4.83. The van der Waals surface area contributed by atoms with Crippen LogP contribution in [0.25, 0.3) is 0 Å². The Balaban J connectivity index is 2.77. The van der Waals surface area contributed by atoms with Gasteiger partial charge in [0, 0.05) is 16.2 Å². The Morgan fingerprint density at radius 3 is 2.83 bits per heavy atom. The summed E-state index contributed by atoms with van der Waals surface area (Å²) in [6.07, 6.45) is 0. The molecule has 1 nitrogen and oxygen atoms in total. The smallest absolute Gasteiger partial charge is 0.107 e. The number of halogens is 1. The average Bonchev–Trinajstić information content (AvgIpc) is 2.09. The van der Waals surface area contributed by atoms with Crippen LogP contribution < -0.4 is 0 Å². The molecule has 62 valence electrons. The van der Waals surface area contributed by atoms with E-state index in [1.807, 2.05) is 24.3 Å². The third-order valence-electron chi connectivity index (χ3n) is 1.31. The zero-order valence-corrected chi connectivity index (χ0v) is 8.96. The van der Waals surface area contributed by atoms with Gasteiger partial charge in [0.25, 0.3) is 0 Å². The molecular weight excluding hydrogens is 263 g/mol. The molecule has 0 heterocycles. The predicted octanol–water partition coefficient (Wildman–Crippen LogP) is 2.29. The van der Waals surface area contributed by atoms with Crippen LogP contribution in [0.3, 0.4) is 0 Å². The molecule has 0 atom stereocenters. The molecular formula is C10H9IO. The van der Waals surface area contributed by atoms with Gasteiger partial charge < -0.3 is 4.74 Å². The quantitative estimate of drug-likeness (QED) is 0.563. The largest absolute Gasteiger partial charge is 0.372 e. The second-order valence-electron chi connectivity index (χ2n) is 2.21. The van der Waals surface area contributed by atoms with Crippen LogP contribution in [0.4, 0.5) is 0 Å². The normalized spacial score (nSPS) is 8.83. The summed E-state index contributed by atoms with van der Waals surface area (Å²) >= 11 is 2.27. The fraction of sp³-hybridized carbons (Fsp3) is 0.200. The van der Waals surface area contributed by atoms with Crippen molar-refractivity contribution in [2.75, 3.05) is 13.7 Å². The van der Waals surface area contributed by atoms with E-state index in [0.717, 1.165) is 5.56 Å². The number of rotatable bonds is 1. The van der Waals surface area contributed by atoms with Gasteiger partial charge in [0.2, 0.25) is 0 Å². The van der Waals surface area contributed by atoms with Gasteiger partial charge in [-0.25, -0.2) is 0 Å². The summed E-state index contributed by atoms with van der Waals surface area (Å²) in [5.74, 6) is 5.95. The van der Waals surface area contributed by atoms with Crippen molar-refractivity contribution in [3.8, 4) is 11.8 Å². The monoisotopic (exact) mass is 272 g/mol. The fourth-order valence-electron chi connectivity index (χ4n) is 0.766. The van der Waals surface area contributed by atoms with Gasteiger partial charge in [-0.1, -0.05) is 24.0 Å². The van der Waals surface area contributed by atoms with E-state index in [1.165, 1.54) is 3.57 Å². The maximum absolute atomic E-state index is 4.83. The van der Waals surface area contributed by atoms with E-state index in [4.69, 9.17) is 4.74 Å². The highest BCUT2D eigenvalue weighted by atomic mass is 127. The second kappa shape index (κ2) is 5.18. The molecule has 1 aromatic rings. The molecule has 1 aromatic carbocycles. The van der Waals surface area contributed by atoms with Crippen molar-refractivity contribution in [2.45, 2.75) is 0 Å². The van der Waals surface area contributed by atoms with Gasteiger partial charge in [-0.3, -0.25) is 0 Å². The Kier molecular flexibility index (Phi) is 4.12. The molecule has 0 aliphatic rings. The summed E-state index contributed by atoms with van der Waals surface area (Å²) in [6, 6.07) is 8.03. The van der Waals surface area contributed by atoms with Gasteiger partial charge in [0.05, 0.1) is 0 Å². The first-order valence-corrected chi connectivity index (χ1v) is 4.65. The third kappa shape index (κ3) is 2.84. The van der Waals surface area contributed by atoms with Gasteiger partial charge in [-0.15, -0.1) is 0 Å². The van der Waals surface area contributed by atoms with Crippen molar-refractivity contribution in [2.24, 2.45) is 0 Å². The van der Waals surface area contributed by atoms with E-state index in [1.54, 1.807) is 7.11 Å². The Hall–Kier alpha value is -0.530. The number of benzene rings is 1. The van der Waals surface area contributed by atoms with Crippen molar-refractivity contribution in [3.05, 3.63) is 33.4 Å². The van der Waals surface area contributed by atoms with Crippen LogP contribution in [0.1, 0.15) is 5.56 Å². The van der Waals surface area contributed by atoms with E-state index in [-0.39, 0.29) is 0 Å².